The summed E-state index contributed by atoms with van der Waals surface area (Å²) in [6, 6.07) is 8.47. The van der Waals surface area contributed by atoms with Gasteiger partial charge in [-0.15, -0.1) is 0 Å². The summed E-state index contributed by atoms with van der Waals surface area (Å²) in [6.45, 7) is 3.11. The largest absolute Gasteiger partial charge is 0.366 e. The number of nitriles is 1. The van der Waals surface area contributed by atoms with Gasteiger partial charge in [0.15, 0.2) is 0 Å². The van der Waals surface area contributed by atoms with E-state index in [-0.39, 0.29) is 6.04 Å². The molecule has 1 aromatic carbocycles. The molecule has 96 valence electrons. The van der Waals surface area contributed by atoms with E-state index in [1.54, 1.807) is 0 Å². The highest BCUT2D eigenvalue weighted by Crippen LogP contribution is 2.32. The monoisotopic (exact) mass is 307 g/mol. The first kappa shape index (κ1) is 13.4. The van der Waals surface area contributed by atoms with Crippen LogP contribution in [0.5, 0.6) is 0 Å². The van der Waals surface area contributed by atoms with Crippen molar-refractivity contribution in [3.63, 3.8) is 0 Å². The highest BCUT2D eigenvalue weighted by Gasteiger charge is 2.26. The van der Waals surface area contributed by atoms with Gasteiger partial charge in [0, 0.05) is 23.1 Å². The highest BCUT2D eigenvalue weighted by atomic mass is 79.9. The second-order valence-electron chi connectivity index (χ2n) is 4.89. The predicted molar refractivity (Wildman–Crippen MR) is 77.5 cm³/mol. The van der Waals surface area contributed by atoms with Gasteiger partial charge in [-0.1, -0.05) is 0 Å². The maximum Gasteiger partial charge on any atom is 0.0992 e. The molecule has 0 saturated carbocycles. The molecule has 0 spiro atoms. The molecule has 1 heterocycles. The Morgan fingerprint density at radius 3 is 2.89 bits per heavy atom. The van der Waals surface area contributed by atoms with Crippen LogP contribution in [-0.4, -0.2) is 18.6 Å². The number of hydrogen-bond acceptors (Lipinski definition) is 3. The molecule has 1 aliphatic rings. The molecule has 2 rings (SSSR count). The number of anilines is 1. The Kier molecular flexibility index (Phi) is 4.26. The molecule has 0 radical (unpaired) electrons. The van der Waals surface area contributed by atoms with Crippen molar-refractivity contribution in [3.05, 3.63) is 28.2 Å². The number of hydrogen-bond donors (Lipinski definition) is 1. The Balaban J connectivity index is 2.31. The van der Waals surface area contributed by atoms with Crippen molar-refractivity contribution in [2.24, 2.45) is 5.73 Å². The van der Waals surface area contributed by atoms with Gasteiger partial charge >= 0.3 is 0 Å². The van der Waals surface area contributed by atoms with Gasteiger partial charge in [0.2, 0.25) is 0 Å². The summed E-state index contributed by atoms with van der Waals surface area (Å²) in [5.74, 6) is 0. The summed E-state index contributed by atoms with van der Waals surface area (Å²) in [4.78, 5) is 2.37. The van der Waals surface area contributed by atoms with E-state index in [1.807, 2.05) is 18.2 Å². The molecule has 2 atom stereocenters. The predicted octanol–water partition coefficient (Wildman–Crippen LogP) is 3.03. The second-order valence-corrected chi connectivity index (χ2v) is 5.75. The summed E-state index contributed by atoms with van der Waals surface area (Å²) in [6.07, 6.45) is 3.59. The molecule has 3 nitrogen and oxygen atoms in total. The van der Waals surface area contributed by atoms with E-state index < -0.39 is 0 Å². The van der Waals surface area contributed by atoms with Crippen LogP contribution in [0, 0.1) is 11.3 Å². The first-order valence-electron chi connectivity index (χ1n) is 6.35. The average Bonchev–Trinajstić information content (AvgIpc) is 2.38. The van der Waals surface area contributed by atoms with Gasteiger partial charge in [0.25, 0.3) is 0 Å². The first-order valence-corrected chi connectivity index (χ1v) is 7.14. The van der Waals surface area contributed by atoms with Crippen LogP contribution in [-0.2, 0) is 0 Å². The Labute approximate surface area is 117 Å². The van der Waals surface area contributed by atoms with Crippen LogP contribution in [0.25, 0.3) is 0 Å². The van der Waals surface area contributed by atoms with Gasteiger partial charge in [-0.05, 0) is 60.3 Å². The van der Waals surface area contributed by atoms with Crippen molar-refractivity contribution in [1.82, 2.24) is 0 Å². The van der Waals surface area contributed by atoms with Crippen LogP contribution in [0.2, 0.25) is 0 Å². The van der Waals surface area contributed by atoms with Crippen molar-refractivity contribution in [2.45, 2.75) is 38.3 Å². The summed E-state index contributed by atoms with van der Waals surface area (Å²) in [7, 11) is 0. The fourth-order valence-corrected chi connectivity index (χ4v) is 3.22. The van der Waals surface area contributed by atoms with E-state index in [4.69, 9.17) is 11.0 Å². The second kappa shape index (κ2) is 5.73. The average molecular weight is 308 g/mol. The third-order valence-electron chi connectivity index (χ3n) is 3.54. The van der Waals surface area contributed by atoms with Crippen molar-refractivity contribution < 1.29 is 0 Å². The van der Waals surface area contributed by atoms with Gasteiger partial charge in [-0.25, -0.2) is 0 Å². The molecule has 0 bridgehead atoms. The minimum atomic E-state index is 0.160. The Bertz CT molecular complexity index is 465. The maximum absolute atomic E-state index is 8.90. The van der Waals surface area contributed by atoms with Crippen LogP contribution < -0.4 is 10.6 Å². The van der Waals surface area contributed by atoms with E-state index in [1.165, 1.54) is 12.8 Å². The molecular formula is C14H18BrN3. The van der Waals surface area contributed by atoms with Gasteiger partial charge in [0.1, 0.15) is 0 Å². The van der Waals surface area contributed by atoms with Crippen molar-refractivity contribution in [1.29, 1.82) is 5.26 Å². The fourth-order valence-electron chi connectivity index (χ4n) is 2.61. The number of halogens is 1. The summed E-state index contributed by atoms with van der Waals surface area (Å²) < 4.78 is 0.981. The number of piperidine rings is 1. The maximum atomic E-state index is 8.90. The summed E-state index contributed by atoms with van der Waals surface area (Å²) in [5, 5.41) is 8.90. The molecule has 1 aromatic rings. The summed E-state index contributed by atoms with van der Waals surface area (Å²) >= 11 is 3.57. The molecule has 0 amide bonds. The van der Waals surface area contributed by atoms with Gasteiger partial charge < -0.3 is 10.6 Å². The van der Waals surface area contributed by atoms with Gasteiger partial charge in [-0.2, -0.15) is 5.26 Å². The van der Waals surface area contributed by atoms with Gasteiger partial charge in [0.05, 0.1) is 17.3 Å². The van der Waals surface area contributed by atoms with Crippen molar-refractivity contribution in [3.8, 4) is 6.07 Å². The highest BCUT2D eigenvalue weighted by molar-refractivity contribution is 9.10. The third-order valence-corrected chi connectivity index (χ3v) is 4.18. The minimum absolute atomic E-state index is 0.160. The lowest BCUT2D eigenvalue weighted by Gasteiger charge is -2.40. The molecule has 2 N–H and O–H groups in total. The van der Waals surface area contributed by atoms with E-state index in [0.717, 1.165) is 23.1 Å². The van der Waals surface area contributed by atoms with E-state index in [0.29, 0.717) is 11.6 Å². The minimum Gasteiger partial charge on any atom is -0.366 e. The fraction of sp³-hybridized carbons (Fsp3) is 0.500. The zero-order valence-electron chi connectivity index (χ0n) is 10.6. The van der Waals surface area contributed by atoms with Gasteiger partial charge in [-0.3, -0.25) is 0 Å². The van der Waals surface area contributed by atoms with Crippen LogP contribution in [0.4, 0.5) is 5.69 Å². The van der Waals surface area contributed by atoms with Crippen LogP contribution in [0.15, 0.2) is 22.7 Å². The molecule has 18 heavy (non-hydrogen) atoms. The lowest BCUT2D eigenvalue weighted by Crippen LogP contribution is -2.49. The molecule has 1 saturated heterocycles. The van der Waals surface area contributed by atoms with Crippen LogP contribution >= 0.6 is 15.9 Å². The Morgan fingerprint density at radius 1 is 1.50 bits per heavy atom. The SMILES string of the molecule is CC(N)C1CCCCN1c1ccc(C#N)cc1Br. The smallest absolute Gasteiger partial charge is 0.0992 e. The van der Waals surface area contributed by atoms with Crippen LogP contribution in [0.3, 0.4) is 0 Å². The molecule has 2 unspecified atom stereocenters. The Hall–Kier alpha value is -1.05. The number of benzene rings is 1. The molecule has 1 aliphatic heterocycles. The quantitative estimate of drug-likeness (QED) is 0.913. The zero-order valence-corrected chi connectivity index (χ0v) is 12.2. The molecular weight excluding hydrogens is 290 g/mol. The molecule has 4 heteroatoms. The third kappa shape index (κ3) is 2.68. The lowest BCUT2D eigenvalue weighted by molar-refractivity contribution is 0.413. The topological polar surface area (TPSA) is 53.0 Å². The standard InChI is InChI=1S/C14H18BrN3/c1-10(17)13-4-2-3-7-18(13)14-6-5-11(9-16)8-12(14)15/h5-6,8,10,13H,2-4,7,17H2,1H3. The van der Waals surface area contributed by atoms with Crippen molar-refractivity contribution >= 4 is 21.6 Å². The molecule has 1 fully saturated rings. The van der Waals surface area contributed by atoms with E-state index >= 15 is 0 Å². The number of nitrogens with two attached hydrogens (primary N) is 1. The molecule has 0 aliphatic carbocycles. The van der Waals surface area contributed by atoms with E-state index in [2.05, 4.69) is 33.8 Å². The lowest BCUT2D eigenvalue weighted by atomic mass is 9.96. The van der Waals surface area contributed by atoms with E-state index in [9.17, 15) is 0 Å². The summed E-state index contributed by atoms with van der Waals surface area (Å²) in [5.41, 5.74) is 7.92. The first-order chi connectivity index (χ1) is 8.63. The van der Waals surface area contributed by atoms with Crippen LogP contribution in [0.1, 0.15) is 31.7 Å². The van der Waals surface area contributed by atoms with Crippen molar-refractivity contribution in [2.75, 3.05) is 11.4 Å². The number of rotatable bonds is 2. The number of nitrogens with zero attached hydrogens (tertiary/aromatic N) is 2. The Morgan fingerprint density at radius 2 is 2.28 bits per heavy atom. The normalized spacial score (nSPS) is 21.4. The molecule has 0 aromatic heterocycles. The zero-order chi connectivity index (χ0) is 13.1.